The molecule has 0 unspecified atom stereocenters. The summed E-state index contributed by atoms with van der Waals surface area (Å²) in [6, 6.07) is 4.53. The molecule has 27 heavy (non-hydrogen) atoms. The number of aromatic nitrogens is 1. The second-order valence-corrected chi connectivity index (χ2v) is 7.29. The number of nitrogens with one attached hydrogen (secondary N) is 2. The summed E-state index contributed by atoms with van der Waals surface area (Å²) < 4.78 is 18.8. The Hall–Kier alpha value is -2.39. The number of aliphatic imine (C=N–C) groups is 2. The molecule has 0 aliphatic carbocycles. The van der Waals surface area contributed by atoms with Crippen molar-refractivity contribution in [1.82, 2.24) is 15.6 Å². The first-order valence-corrected chi connectivity index (χ1v) is 10.2. The van der Waals surface area contributed by atoms with E-state index >= 15 is 0 Å². The molecule has 0 amide bonds. The molecule has 0 radical (unpaired) electrons. The highest BCUT2D eigenvalue weighted by Gasteiger charge is 2.11. The van der Waals surface area contributed by atoms with E-state index in [-0.39, 0.29) is 5.82 Å². The summed E-state index contributed by atoms with van der Waals surface area (Å²) in [5, 5.41) is 10.9. The fourth-order valence-electron chi connectivity index (χ4n) is 2.39. The van der Waals surface area contributed by atoms with Crippen LogP contribution in [0.25, 0.3) is 16.3 Å². The third kappa shape index (κ3) is 5.30. The van der Waals surface area contributed by atoms with Crippen molar-refractivity contribution < 1.29 is 9.13 Å². The van der Waals surface area contributed by atoms with Gasteiger partial charge < -0.3 is 15.4 Å². The number of ether oxygens (including phenoxy) is 1. The normalized spacial score (nSPS) is 14.3. The molecule has 0 fully saturated rings. The fourth-order valence-corrected chi connectivity index (χ4v) is 3.85. The zero-order chi connectivity index (χ0) is 19.1. The first-order chi connectivity index (χ1) is 13.2. The van der Waals surface area contributed by atoms with Crippen molar-refractivity contribution in [3.05, 3.63) is 40.5 Å². The minimum Gasteiger partial charge on any atom is -0.497 e. The standard InChI is InChI=1S/C18H20FN5OS2/c1-20-15(9-26-11-23-18-21-4-3-5-22-18)16-10-27-17(24-16)12-6-13(19)8-14(7-12)25-2/h6-10H,1,3-5,11H2,2H3,(H2,21,22,23)/b15-9-. The Labute approximate surface area is 165 Å². The maximum atomic E-state index is 13.7. The highest BCUT2D eigenvalue weighted by Crippen LogP contribution is 2.30. The molecule has 0 atom stereocenters. The molecule has 0 spiro atoms. The number of guanidine groups is 1. The molecule has 1 aliphatic rings. The SMILES string of the molecule is C=N/C(=C\SCNC1=NCCCN1)c1csc(-c2cc(F)cc(OC)c2)n1. The van der Waals surface area contributed by atoms with Crippen LogP contribution in [0.3, 0.4) is 0 Å². The summed E-state index contributed by atoms with van der Waals surface area (Å²) in [4.78, 5) is 13.0. The molecular weight excluding hydrogens is 385 g/mol. The number of thiazole rings is 1. The lowest BCUT2D eigenvalue weighted by Gasteiger charge is -2.15. The number of methoxy groups -OCH3 is 1. The number of thioether (sulfide) groups is 1. The van der Waals surface area contributed by atoms with Crippen molar-refractivity contribution in [2.24, 2.45) is 9.98 Å². The predicted molar refractivity (Wildman–Crippen MR) is 112 cm³/mol. The van der Waals surface area contributed by atoms with Crippen LogP contribution in [0, 0.1) is 5.82 Å². The molecule has 2 heterocycles. The van der Waals surface area contributed by atoms with Crippen LogP contribution in [0.4, 0.5) is 4.39 Å². The van der Waals surface area contributed by atoms with Gasteiger partial charge in [-0.15, -0.1) is 23.1 Å². The van der Waals surface area contributed by atoms with Gasteiger partial charge in [-0.25, -0.2) is 9.37 Å². The van der Waals surface area contributed by atoms with Crippen molar-refractivity contribution in [2.45, 2.75) is 6.42 Å². The Morgan fingerprint density at radius 3 is 3.15 bits per heavy atom. The lowest BCUT2D eigenvalue weighted by molar-refractivity contribution is 0.411. The second-order valence-electron chi connectivity index (χ2n) is 5.58. The molecule has 0 bridgehead atoms. The molecule has 9 heteroatoms. The highest BCUT2D eigenvalue weighted by atomic mass is 32.2. The molecule has 0 saturated carbocycles. The summed E-state index contributed by atoms with van der Waals surface area (Å²) in [6.07, 6.45) is 1.06. The first-order valence-electron chi connectivity index (χ1n) is 8.31. The van der Waals surface area contributed by atoms with E-state index in [1.165, 1.54) is 30.6 Å². The third-order valence-electron chi connectivity index (χ3n) is 3.71. The summed E-state index contributed by atoms with van der Waals surface area (Å²) in [6.45, 7) is 5.42. The molecule has 6 nitrogen and oxygen atoms in total. The predicted octanol–water partition coefficient (Wildman–Crippen LogP) is 3.59. The van der Waals surface area contributed by atoms with Gasteiger partial charge in [0, 0.05) is 35.5 Å². The van der Waals surface area contributed by atoms with Crippen LogP contribution in [0.15, 0.2) is 39.0 Å². The Bertz CT molecular complexity index is 865. The van der Waals surface area contributed by atoms with Crippen LogP contribution in [-0.2, 0) is 0 Å². The van der Waals surface area contributed by atoms with E-state index < -0.39 is 0 Å². The molecule has 142 valence electrons. The van der Waals surface area contributed by atoms with Gasteiger partial charge >= 0.3 is 0 Å². The van der Waals surface area contributed by atoms with Gasteiger partial charge in [0.15, 0.2) is 5.96 Å². The van der Waals surface area contributed by atoms with Gasteiger partial charge in [0.05, 0.1) is 18.7 Å². The monoisotopic (exact) mass is 405 g/mol. The lowest BCUT2D eigenvalue weighted by Crippen LogP contribution is -2.40. The molecule has 3 rings (SSSR count). The zero-order valence-corrected chi connectivity index (χ0v) is 16.5. The van der Waals surface area contributed by atoms with Crippen LogP contribution in [0.2, 0.25) is 0 Å². The number of halogens is 1. The quantitative estimate of drug-likeness (QED) is 0.419. The molecule has 1 aromatic carbocycles. The van der Waals surface area contributed by atoms with Crippen molar-refractivity contribution >= 4 is 41.5 Å². The molecule has 1 aliphatic heterocycles. The summed E-state index contributed by atoms with van der Waals surface area (Å²) in [5.74, 6) is 1.58. The van der Waals surface area contributed by atoms with Crippen LogP contribution in [-0.4, -0.2) is 43.7 Å². The largest absolute Gasteiger partial charge is 0.497 e. The number of rotatable bonds is 7. The average molecular weight is 406 g/mol. The van der Waals surface area contributed by atoms with Crippen molar-refractivity contribution in [3.63, 3.8) is 0 Å². The van der Waals surface area contributed by atoms with Gasteiger partial charge in [-0.1, -0.05) is 0 Å². The van der Waals surface area contributed by atoms with Gasteiger partial charge in [-0.3, -0.25) is 9.98 Å². The van der Waals surface area contributed by atoms with E-state index in [2.05, 4.69) is 32.3 Å². The Balaban J connectivity index is 1.66. The van der Waals surface area contributed by atoms with Crippen LogP contribution >= 0.6 is 23.1 Å². The topological polar surface area (TPSA) is 70.9 Å². The fraction of sp³-hybridized carbons (Fsp3) is 0.278. The minimum atomic E-state index is -0.362. The number of hydrogen-bond acceptors (Lipinski definition) is 8. The summed E-state index contributed by atoms with van der Waals surface area (Å²) in [7, 11) is 1.51. The van der Waals surface area contributed by atoms with E-state index in [4.69, 9.17) is 4.74 Å². The van der Waals surface area contributed by atoms with E-state index in [0.29, 0.717) is 33.6 Å². The summed E-state index contributed by atoms with van der Waals surface area (Å²) in [5.41, 5.74) is 2.04. The van der Waals surface area contributed by atoms with E-state index in [1.807, 2.05) is 10.8 Å². The number of hydrogen-bond donors (Lipinski definition) is 2. The molecule has 2 aromatic rings. The smallest absolute Gasteiger partial charge is 0.191 e. The molecule has 1 aromatic heterocycles. The van der Waals surface area contributed by atoms with Crippen LogP contribution in [0.1, 0.15) is 12.1 Å². The van der Waals surface area contributed by atoms with Gasteiger partial charge in [0.2, 0.25) is 0 Å². The molecule has 2 N–H and O–H groups in total. The van der Waals surface area contributed by atoms with Crippen LogP contribution in [0.5, 0.6) is 5.75 Å². The summed E-state index contributed by atoms with van der Waals surface area (Å²) >= 11 is 2.97. The molecular formula is C18H20FN5OS2. The van der Waals surface area contributed by atoms with E-state index in [1.54, 1.807) is 17.8 Å². The Morgan fingerprint density at radius 1 is 1.52 bits per heavy atom. The lowest BCUT2D eigenvalue weighted by atomic mass is 10.2. The Morgan fingerprint density at radius 2 is 2.41 bits per heavy atom. The maximum Gasteiger partial charge on any atom is 0.191 e. The third-order valence-corrected chi connectivity index (χ3v) is 5.30. The zero-order valence-electron chi connectivity index (χ0n) is 14.9. The van der Waals surface area contributed by atoms with Gasteiger partial charge in [-0.05, 0) is 25.3 Å². The number of nitrogens with zero attached hydrogens (tertiary/aromatic N) is 3. The maximum absolute atomic E-state index is 13.7. The van der Waals surface area contributed by atoms with Gasteiger partial charge in [0.25, 0.3) is 0 Å². The highest BCUT2D eigenvalue weighted by molar-refractivity contribution is 8.02. The van der Waals surface area contributed by atoms with Gasteiger partial charge in [0.1, 0.15) is 22.3 Å². The van der Waals surface area contributed by atoms with Crippen molar-refractivity contribution in [3.8, 4) is 16.3 Å². The van der Waals surface area contributed by atoms with Crippen molar-refractivity contribution in [1.29, 1.82) is 0 Å². The van der Waals surface area contributed by atoms with Gasteiger partial charge in [-0.2, -0.15) is 0 Å². The average Bonchev–Trinajstić information content (AvgIpc) is 3.18. The Kier molecular flexibility index (Phi) is 6.83. The second kappa shape index (κ2) is 9.52. The van der Waals surface area contributed by atoms with Crippen molar-refractivity contribution in [2.75, 3.05) is 26.1 Å². The van der Waals surface area contributed by atoms with E-state index in [9.17, 15) is 4.39 Å². The minimum absolute atomic E-state index is 0.362. The molecule has 0 saturated heterocycles. The number of benzene rings is 1. The first kappa shape index (κ1) is 19.4. The van der Waals surface area contributed by atoms with E-state index in [0.717, 1.165) is 25.5 Å². The van der Waals surface area contributed by atoms with Crippen LogP contribution < -0.4 is 15.4 Å².